The van der Waals surface area contributed by atoms with Crippen molar-refractivity contribution in [3.05, 3.63) is 39.9 Å². The van der Waals surface area contributed by atoms with Crippen molar-refractivity contribution in [3.63, 3.8) is 0 Å². The van der Waals surface area contributed by atoms with Gasteiger partial charge in [-0.1, -0.05) is 12.1 Å². The van der Waals surface area contributed by atoms with Crippen LogP contribution in [0.1, 0.15) is 10.4 Å². The van der Waals surface area contributed by atoms with E-state index in [2.05, 4.69) is 5.32 Å². The molecule has 0 aliphatic heterocycles. The van der Waals surface area contributed by atoms with Gasteiger partial charge in [0.25, 0.3) is 5.69 Å². The first-order chi connectivity index (χ1) is 8.93. The van der Waals surface area contributed by atoms with Crippen molar-refractivity contribution < 1.29 is 14.5 Å². The minimum absolute atomic E-state index is 0.0224. The maximum atomic E-state index is 11.9. The van der Waals surface area contributed by atoms with Gasteiger partial charge in [0.15, 0.2) is 5.78 Å². The molecule has 0 aliphatic carbocycles. The van der Waals surface area contributed by atoms with Crippen molar-refractivity contribution in [2.24, 2.45) is 0 Å². The lowest BCUT2D eigenvalue weighted by Gasteiger charge is -2.14. The number of rotatable bonds is 6. The van der Waals surface area contributed by atoms with Crippen molar-refractivity contribution in [3.8, 4) is 0 Å². The van der Waals surface area contributed by atoms with E-state index in [0.717, 1.165) is 0 Å². The molecule has 0 heterocycles. The zero-order valence-electron chi connectivity index (χ0n) is 10.8. The van der Waals surface area contributed by atoms with E-state index in [9.17, 15) is 19.7 Å². The fourth-order valence-corrected chi connectivity index (χ4v) is 1.51. The Kier molecular flexibility index (Phi) is 5.13. The van der Waals surface area contributed by atoms with E-state index in [4.69, 9.17) is 0 Å². The smallest absolute Gasteiger partial charge is 0.270 e. The first-order valence-corrected chi connectivity index (χ1v) is 5.61. The Morgan fingerprint density at radius 2 is 2.05 bits per heavy atom. The van der Waals surface area contributed by atoms with E-state index in [1.165, 1.54) is 31.3 Å². The Morgan fingerprint density at radius 1 is 1.37 bits per heavy atom. The molecule has 1 aromatic rings. The van der Waals surface area contributed by atoms with Crippen LogP contribution in [-0.4, -0.2) is 48.7 Å². The van der Waals surface area contributed by atoms with Crippen molar-refractivity contribution in [1.29, 1.82) is 0 Å². The van der Waals surface area contributed by atoms with Crippen LogP contribution >= 0.6 is 0 Å². The molecule has 102 valence electrons. The van der Waals surface area contributed by atoms with Crippen LogP contribution in [0.3, 0.4) is 0 Å². The Bertz CT molecular complexity index is 502. The zero-order valence-corrected chi connectivity index (χ0v) is 10.8. The molecule has 0 spiro atoms. The summed E-state index contributed by atoms with van der Waals surface area (Å²) in [5, 5.41) is 13.1. The highest BCUT2D eigenvalue weighted by atomic mass is 16.6. The molecule has 1 rings (SSSR count). The van der Waals surface area contributed by atoms with Gasteiger partial charge >= 0.3 is 0 Å². The quantitative estimate of drug-likeness (QED) is 0.458. The van der Waals surface area contributed by atoms with Crippen LogP contribution in [0.4, 0.5) is 5.69 Å². The predicted molar refractivity (Wildman–Crippen MR) is 69.0 cm³/mol. The molecule has 19 heavy (non-hydrogen) atoms. The number of Topliss-reactive ketones (excluding diaryl/α,β-unsaturated/α-hetero) is 1. The van der Waals surface area contributed by atoms with Crippen LogP contribution in [0.25, 0.3) is 0 Å². The molecule has 0 aromatic heterocycles. The van der Waals surface area contributed by atoms with Gasteiger partial charge in [0.1, 0.15) is 0 Å². The number of carbonyl (C=O) groups excluding carboxylic acids is 2. The molecule has 0 saturated heterocycles. The Morgan fingerprint density at radius 3 is 2.63 bits per heavy atom. The number of non-ortho nitro benzene ring substituents is 1. The standard InChI is InChI=1S/C12H15N3O4/c1-13-12(17)8-14(2)7-11(16)9-4-3-5-10(6-9)15(18)19/h3-6H,7-8H2,1-2H3,(H,13,17). The highest BCUT2D eigenvalue weighted by Gasteiger charge is 2.14. The molecule has 0 fully saturated rings. The van der Waals surface area contributed by atoms with E-state index in [1.807, 2.05) is 0 Å². The molecule has 1 N–H and O–H groups in total. The molecule has 7 nitrogen and oxygen atoms in total. The molecular formula is C12H15N3O4. The summed E-state index contributed by atoms with van der Waals surface area (Å²) < 4.78 is 0. The van der Waals surface area contributed by atoms with E-state index in [-0.39, 0.29) is 36.0 Å². The van der Waals surface area contributed by atoms with E-state index >= 15 is 0 Å². The average molecular weight is 265 g/mol. The summed E-state index contributed by atoms with van der Waals surface area (Å²) in [5.74, 6) is -0.468. The average Bonchev–Trinajstić information content (AvgIpc) is 2.38. The topological polar surface area (TPSA) is 92.6 Å². The van der Waals surface area contributed by atoms with Crippen LogP contribution in [0.2, 0.25) is 0 Å². The number of nitro benzene ring substituents is 1. The molecule has 1 amide bonds. The first-order valence-electron chi connectivity index (χ1n) is 5.61. The Balaban J connectivity index is 2.70. The lowest BCUT2D eigenvalue weighted by atomic mass is 10.1. The second kappa shape index (κ2) is 6.60. The number of hydrogen-bond donors (Lipinski definition) is 1. The molecule has 7 heteroatoms. The lowest BCUT2D eigenvalue weighted by molar-refractivity contribution is -0.384. The molecule has 1 aromatic carbocycles. The van der Waals surface area contributed by atoms with E-state index < -0.39 is 4.92 Å². The van der Waals surface area contributed by atoms with Crippen molar-refractivity contribution in [2.45, 2.75) is 0 Å². The van der Waals surface area contributed by atoms with Crippen LogP contribution in [-0.2, 0) is 4.79 Å². The maximum absolute atomic E-state index is 11.9. The normalized spacial score (nSPS) is 10.3. The summed E-state index contributed by atoms with van der Waals surface area (Å²) in [6.07, 6.45) is 0. The molecule has 0 atom stereocenters. The van der Waals surface area contributed by atoms with Crippen LogP contribution in [0.5, 0.6) is 0 Å². The number of likely N-dealkylation sites (N-methyl/N-ethyl adjacent to an activating group) is 2. The van der Waals surface area contributed by atoms with Crippen LogP contribution in [0, 0.1) is 10.1 Å². The second-order valence-corrected chi connectivity index (χ2v) is 4.08. The fourth-order valence-electron chi connectivity index (χ4n) is 1.51. The zero-order chi connectivity index (χ0) is 14.4. The van der Waals surface area contributed by atoms with Gasteiger partial charge in [-0.3, -0.25) is 24.6 Å². The van der Waals surface area contributed by atoms with Gasteiger partial charge in [-0.25, -0.2) is 0 Å². The largest absolute Gasteiger partial charge is 0.358 e. The minimum Gasteiger partial charge on any atom is -0.358 e. The van der Waals surface area contributed by atoms with Crippen molar-refractivity contribution >= 4 is 17.4 Å². The number of nitro groups is 1. The summed E-state index contributed by atoms with van der Waals surface area (Å²) in [5.41, 5.74) is 0.137. The highest BCUT2D eigenvalue weighted by molar-refractivity contribution is 5.98. The number of nitrogens with zero attached hydrogens (tertiary/aromatic N) is 2. The molecule has 0 radical (unpaired) electrons. The fraction of sp³-hybridized carbons (Fsp3) is 0.333. The molecular weight excluding hydrogens is 250 g/mol. The van der Waals surface area contributed by atoms with Crippen molar-refractivity contribution in [1.82, 2.24) is 10.2 Å². The maximum Gasteiger partial charge on any atom is 0.270 e. The number of ketones is 1. The van der Waals surface area contributed by atoms with Crippen molar-refractivity contribution in [2.75, 3.05) is 27.2 Å². The number of benzene rings is 1. The minimum atomic E-state index is -0.551. The molecule has 0 bridgehead atoms. The van der Waals surface area contributed by atoms with Gasteiger partial charge in [0.2, 0.25) is 5.91 Å². The second-order valence-electron chi connectivity index (χ2n) is 4.08. The predicted octanol–water partition coefficient (Wildman–Crippen LogP) is 0.455. The van der Waals surface area contributed by atoms with E-state index in [1.54, 1.807) is 11.9 Å². The molecule has 0 saturated carbocycles. The summed E-state index contributed by atoms with van der Waals surface area (Å²) >= 11 is 0. The summed E-state index contributed by atoms with van der Waals surface area (Å²) in [6.45, 7) is 0.117. The van der Waals surface area contributed by atoms with Gasteiger partial charge in [-0.2, -0.15) is 0 Å². The lowest BCUT2D eigenvalue weighted by Crippen LogP contribution is -2.36. The third kappa shape index (κ3) is 4.47. The third-order valence-electron chi connectivity index (χ3n) is 2.48. The summed E-state index contributed by atoms with van der Waals surface area (Å²) in [6, 6.07) is 5.54. The number of carbonyl (C=O) groups is 2. The molecule has 0 unspecified atom stereocenters. The Hall–Kier alpha value is -2.28. The molecule has 0 aliphatic rings. The van der Waals surface area contributed by atoms with Gasteiger partial charge < -0.3 is 5.32 Å². The first kappa shape index (κ1) is 14.8. The summed E-state index contributed by atoms with van der Waals surface area (Å²) in [4.78, 5) is 34.6. The monoisotopic (exact) mass is 265 g/mol. The number of nitrogens with one attached hydrogen (secondary N) is 1. The van der Waals surface area contributed by atoms with Gasteiger partial charge in [0, 0.05) is 24.7 Å². The van der Waals surface area contributed by atoms with Gasteiger partial charge in [0.05, 0.1) is 18.0 Å². The van der Waals surface area contributed by atoms with Gasteiger partial charge in [-0.05, 0) is 7.05 Å². The third-order valence-corrected chi connectivity index (χ3v) is 2.48. The van der Waals surface area contributed by atoms with Crippen LogP contribution < -0.4 is 5.32 Å². The highest BCUT2D eigenvalue weighted by Crippen LogP contribution is 2.13. The number of hydrogen-bond acceptors (Lipinski definition) is 5. The number of amides is 1. The Labute approximate surface area is 110 Å². The summed E-state index contributed by atoms with van der Waals surface area (Å²) in [7, 11) is 3.14. The SMILES string of the molecule is CNC(=O)CN(C)CC(=O)c1cccc([N+](=O)[O-])c1. The van der Waals surface area contributed by atoms with E-state index in [0.29, 0.717) is 0 Å². The van der Waals surface area contributed by atoms with Gasteiger partial charge in [-0.15, -0.1) is 0 Å². The van der Waals surface area contributed by atoms with Crippen LogP contribution in [0.15, 0.2) is 24.3 Å².